The van der Waals surface area contributed by atoms with Crippen molar-refractivity contribution in [3.05, 3.63) is 23.2 Å². The van der Waals surface area contributed by atoms with Crippen LogP contribution in [0.4, 0.5) is 11.4 Å². The summed E-state index contributed by atoms with van der Waals surface area (Å²) in [6.07, 6.45) is 3.73. The molecule has 7 heteroatoms. The van der Waals surface area contributed by atoms with Gasteiger partial charge in [0.05, 0.1) is 10.7 Å². The summed E-state index contributed by atoms with van der Waals surface area (Å²) in [4.78, 5) is 23.0. The van der Waals surface area contributed by atoms with E-state index in [1.807, 2.05) is 0 Å². The molecule has 0 bridgehead atoms. The summed E-state index contributed by atoms with van der Waals surface area (Å²) >= 11 is 6.08. The van der Waals surface area contributed by atoms with Gasteiger partial charge in [-0.15, -0.1) is 12.4 Å². The third-order valence-corrected chi connectivity index (χ3v) is 4.11. The van der Waals surface area contributed by atoms with E-state index < -0.39 is 0 Å². The standard InChI is InChI=1S/C16H22ClN3O2.ClH/c1-11(21)19-15-4-3-13(10-14(15)17)20-16(22)5-2-12-6-8-18-9-7-12;/h3-4,10,12,18H,2,5-9H2,1H3,(H,19,21)(H,20,22);1H. The van der Waals surface area contributed by atoms with Gasteiger partial charge in [0.2, 0.25) is 11.8 Å². The van der Waals surface area contributed by atoms with Crippen LogP contribution in [0.2, 0.25) is 5.02 Å². The van der Waals surface area contributed by atoms with Gasteiger partial charge in [-0.25, -0.2) is 0 Å². The second kappa shape index (κ2) is 9.75. The van der Waals surface area contributed by atoms with Crippen LogP contribution in [0.1, 0.15) is 32.6 Å². The van der Waals surface area contributed by atoms with Crippen LogP contribution in [-0.4, -0.2) is 24.9 Å². The average Bonchev–Trinajstić information content (AvgIpc) is 2.49. The summed E-state index contributed by atoms with van der Waals surface area (Å²) in [5, 5.41) is 9.21. The smallest absolute Gasteiger partial charge is 0.224 e. The molecule has 0 unspecified atom stereocenters. The van der Waals surface area contributed by atoms with Crippen molar-refractivity contribution < 1.29 is 9.59 Å². The summed E-state index contributed by atoms with van der Waals surface area (Å²) in [5.41, 5.74) is 1.19. The van der Waals surface area contributed by atoms with Crippen LogP contribution in [-0.2, 0) is 9.59 Å². The fourth-order valence-electron chi connectivity index (χ4n) is 2.61. The predicted octanol–water partition coefficient (Wildman–Crippen LogP) is 3.44. The topological polar surface area (TPSA) is 70.2 Å². The van der Waals surface area contributed by atoms with Gasteiger partial charge in [-0.1, -0.05) is 11.6 Å². The SMILES string of the molecule is CC(=O)Nc1ccc(NC(=O)CCC2CCNCC2)cc1Cl.Cl. The monoisotopic (exact) mass is 359 g/mol. The minimum atomic E-state index is -0.180. The Morgan fingerprint density at radius 3 is 2.57 bits per heavy atom. The van der Waals surface area contributed by atoms with Crippen molar-refractivity contribution in [2.45, 2.75) is 32.6 Å². The van der Waals surface area contributed by atoms with Crippen molar-refractivity contribution in [3.8, 4) is 0 Å². The Labute approximate surface area is 148 Å². The van der Waals surface area contributed by atoms with Gasteiger partial charge in [0.1, 0.15) is 0 Å². The van der Waals surface area contributed by atoms with Gasteiger partial charge >= 0.3 is 0 Å². The summed E-state index contributed by atoms with van der Waals surface area (Å²) < 4.78 is 0. The van der Waals surface area contributed by atoms with E-state index in [1.54, 1.807) is 18.2 Å². The highest BCUT2D eigenvalue weighted by Gasteiger charge is 2.14. The molecule has 1 aromatic rings. The van der Waals surface area contributed by atoms with Gasteiger partial charge in [-0.05, 0) is 56.5 Å². The molecule has 1 aliphatic heterocycles. The summed E-state index contributed by atoms with van der Waals surface area (Å²) in [6.45, 7) is 3.52. The summed E-state index contributed by atoms with van der Waals surface area (Å²) in [7, 11) is 0. The minimum absolute atomic E-state index is 0. The summed E-state index contributed by atoms with van der Waals surface area (Å²) in [5.74, 6) is 0.459. The normalized spacial score (nSPS) is 14.7. The molecule has 0 radical (unpaired) electrons. The maximum atomic E-state index is 12.0. The molecule has 128 valence electrons. The Kier molecular flexibility index (Phi) is 8.37. The largest absolute Gasteiger partial charge is 0.326 e. The quantitative estimate of drug-likeness (QED) is 0.753. The number of nitrogens with one attached hydrogen (secondary N) is 3. The van der Waals surface area contributed by atoms with E-state index in [0.29, 0.717) is 28.7 Å². The van der Waals surface area contributed by atoms with Crippen LogP contribution in [0, 0.1) is 5.92 Å². The Bertz CT molecular complexity index is 546. The van der Waals surface area contributed by atoms with Gasteiger partial charge in [0.15, 0.2) is 0 Å². The molecule has 5 nitrogen and oxygen atoms in total. The molecular formula is C16H23Cl2N3O2. The molecule has 1 fully saturated rings. The molecule has 2 rings (SSSR count). The van der Waals surface area contributed by atoms with Gasteiger partial charge in [-0.2, -0.15) is 0 Å². The van der Waals surface area contributed by atoms with Crippen LogP contribution in [0.25, 0.3) is 0 Å². The van der Waals surface area contributed by atoms with Crippen molar-refractivity contribution in [3.63, 3.8) is 0 Å². The highest BCUT2D eigenvalue weighted by atomic mass is 35.5. The number of hydrogen-bond donors (Lipinski definition) is 3. The first-order valence-corrected chi connectivity index (χ1v) is 8.00. The third kappa shape index (κ3) is 6.77. The number of hydrogen-bond acceptors (Lipinski definition) is 3. The lowest BCUT2D eigenvalue weighted by molar-refractivity contribution is -0.116. The molecule has 1 saturated heterocycles. The summed E-state index contributed by atoms with van der Waals surface area (Å²) in [6, 6.07) is 5.07. The number of carbonyl (C=O) groups is 2. The van der Waals surface area contributed by atoms with Crippen molar-refractivity contribution in [2.24, 2.45) is 5.92 Å². The zero-order chi connectivity index (χ0) is 15.9. The first kappa shape index (κ1) is 19.7. The highest BCUT2D eigenvalue weighted by Crippen LogP contribution is 2.26. The van der Waals surface area contributed by atoms with E-state index in [2.05, 4.69) is 16.0 Å². The van der Waals surface area contributed by atoms with Crippen molar-refractivity contribution >= 4 is 47.2 Å². The molecular weight excluding hydrogens is 337 g/mol. The van der Waals surface area contributed by atoms with Crippen LogP contribution in [0.3, 0.4) is 0 Å². The highest BCUT2D eigenvalue weighted by molar-refractivity contribution is 6.34. The Morgan fingerprint density at radius 2 is 1.96 bits per heavy atom. The molecule has 1 aromatic carbocycles. The van der Waals surface area contributed by atoms with Crippen LogP contribution < -0.4 is 16.0 Å². The second-order valence-corrected chi connectivity index (χ2v) is 6.06. The lowest BCUT2D eigenvalue weighted by Crippen LogP contribution is -2.28. The van der Waals surface area contributed by atoms with Crippen molar-refractivity contribution in [1.29, 1.82) is 0 Å². The molecule has 0 saturated carbocycles. The number of piperidine rings is 1. The maximum absolute atomic E-state index is 12.0. The Balaban J connectivity index is 0.00000264. The first-order chi connectivity index (χ1) is 10.5. The van der Waals surface area contributed by atoms with Crippen molar-refractivity contribution in [1.82, 2.24) is 5.32 Å². The fourth-order valence-corrected chi connectivity index (χ4v) is 2.84. The zero-order valence-corrected chi connectivity index (χ0v) is 14.7. The number of carbonyl (C=O) groups excluding carboxylic acids is 2. The molecule has 1 aliphatic rings. The van der Waals surface area contributed by atoms with Gasteiger partial charge in [0.25, 0.3) is 0 Å². The molecule has 3 N–H and O–H groups in total. The van der Waals surface area contributed by atoms with E-state index in [9.17, 15) is 9.59 Å². The van der Waals surface area contributed by atoms with Crippen LogP contribution in [0.15, 0.2) is 18.2 Å². The van der Waals surface area contributed by atoms with Gasteiger partial charge in [0, 0.05) is 19.0 Å². The molecule has 0 spiro atoms. The number of rotatable bonds is 5. The number of benzene rings is 1. The van der Waals surface area contributed by atoms with Gasteiger partial charge < -0.3 is 16.0 Å². The molecule has 1 heterocycles. The van der Waals surface area contributed by atoms with Gasteiger partial charge in [-0.3, -0.25) is 9.59 Å². The number of amides is 2. The zero-order valence-electron chi connectivity index (χ0n) is 13.2. The fraction of sp³-hybridized carbons (Fsp3) is 0.500. The maximum Gasteiger partial charge on any atom is 0.224 e. The van der Waals surface area contributed by atoms with Crippen LogP contribution in [0.5, 0.6) is 0 Å². The average molecular weight is 360 g/mol. The van der Waals surface area contributed by atoms with E-state index in [-0.39, 0.29) is 24.2 Å². The molecule has 0 aromatic heterocycles. The molecule has 0 atom stereocenters. The predicted molar refractivity (Wildman–Crippen MR) is 96.5 cm³/mol. The first-order valence-electron chi connectivity index (χ1n) is 7.62. The lowest BCUT2D eigenvalue weighted by atomic mass is 9.93. The Morgan fingerprint density at radius 1 is 1.26 bits per heavy atom. The lowest BCUT2D eigenvalue weighted by Gasteiger charge is -2.22. The van der Waals surface area contributed by atoms with E-state index >= 15 is 0 Å². The van der Waals surface area contributed by atoms with E-state index in [0.717, 1.165) is 32.4 Å². The molecule has 23 heavy (non-hydrogen) atoms. The van der Waals surface area contributed by atoms with Crippen LogP contribution >= 0.6 is 24.0 Å². The molecule has 2 amide bonds. The molecule has 0 aliphatic carbocycles. The van der Waals surface area contributed by atoms with E-state index in [1.165, 1.54) is 6.92 Å². The second-order valence-electron chi connectivity index (χ2n) is 5.66. The minimum Gasteiger partial charge on any atom is -0.326 e. The third-order valence-electron chi connectivity index (χ3n) is 3.80. The number of anilines is 2. The van der Waals surface area contributed by atoms with E-state index in [4.69, 9.17) is 11.6 Å². The van der Waals surface area contributed by atoms with Crippen molar-refractivity contribution in [2.75, 3.05) is 23.7 Å². The Hall–Kier alpha value is -1.30. The number of halogens is 2.